The average Bonchev–Trinajstić information content (AvgIpc) is 3.34. The summed E-state index contributed by atoms with van der Waals surface area (Å²) in [6.07, 6.45) is 5.51. The molecule has 0 aliphatic heterocycles. The topological polar surface area (TPSA) is 139 Å². The Morgan fingerprint density at radius 2 is 2.02 bits per heavy atom. The summed E-state index contributed by atoms with van der Waals surface area (Å²) in [7, 11) is 4.40. The third-order valence-electron chi connectivity index (χ3n) is 6.20. The van der Waals surface area contributed by atoms with E-state index in [4.69, 9.17) is 11.6 Å². The number of halogens is 2. The number of ketones is 1. The number of aromatic nitrogens is 4. The van der Waals surface area contributed by atoms with Gasteiger partial charge in [-0.15, -0.1) is 0 Å². The van der Waals surface area contributed by atoms with Crippen LogP contribution in [0, 0.1) is 11.7 Å². The molecule has 0 saturated heterocycles. The zero-order valence-corrected chi connectivity index (χ0v) is 24.4. The Bertz CT molecular complexity index is 1510. The number of pyridine rings is 2. The number of rotatable bonds is 12. The molecule has 0 aliphatic rings. The first-order chi connectivity index (χ1) is 19.4. The Balaban J connectivity index is 1.83. The van der Waals surface area contributed by atoms with Crippen molar-refractivity contribution in [3.63, 3.8) is 0 Å². The standard InChI is InChI=1S/C28H34ClFN6O5/c1-16(2)10-21-26-25(19(30)13-31-21)33-23(34-26)15-36-14-18(29)11-17(27(36)39)12-22(37)20(32-28(40)41-5)8-6-7-9-24(38)35(3)4/h7,9,11,13-14,16,20H,6,8,10,12,15H2,1-5H3,(H,32,40)(H,33,34)/b9-7+/t20-/m0/s1. The summed E-state index contributed by atoms with van der Waals surface area (Å²) in [6, 6.07) is 0.421. The number of carbonyl (C=O) groups is 3. The Morgan fingerprint density at radius 3 is 2.68 bits per heavy atom. The molecular weight excluding hydrogens is 555 g/mol. The van der Waals surface area contributed by atoms with Crippen LogP contribution in [0.4, 0.5) is 9.18 Å². The highest BCUT2D eigenvalue weighted by atomic mass is 35.5. The van der Waals surface area contributed by atoms with Crippen LogP contribution in [0.1, 0.15) is 43.8 Å². The molecule has 1 atom stereocenters. The zero-order chi connectivity index (χ0) is 30.3. The van der Waals surface area contributed by atoms with E-state index in [2.05, 4.69) is 25.0 Å². The Morgan fingerprint density at radius 1 is 1.29 bits per heavy atom. The van der Waals surface area contributed by atoms with E-state index in [1.807, 2.05) is 13.8 Å². The molecule has 3 aromatic rings. The molecule has 2 amide bonds. The molecule has 2 N–H and O–H groups in total. The lowest BCUT2D eigenvalue weighted by Gasteiger charge is -2.16. The molecule has 3 rings (SSSR count). The molecule has 0 radical (unpaired) electrons. The van der Waals surface area contributed by atoms with Gasteiger partial charge in [0.25, 0.3) is 5.56 Å². The van der Waals surface area contributed by atoms with Crippen LogP contribution in [-0.2, 0) is 33.7 Å². The van der Waals surface area contributed by atoms with E-state index in [9.17, 15) is 23.6 Å². The molecule has 0 spiro atoms. The number of likely N-dealkylation sites (N-methyl/N-ethyl adjacent to an activating group) is 1. The number of allylic oxidation sites excluding steroid dienone is 1. The van der Waals surface area contributed by atoms with Crippen LogP contribution in [0.15, 0.2) is 35.4 Å². The minimum atomic E-state index is -0.974. The van der Waals surface area contributed by atoms with E-state index in [0.29, 0.717) is 29.9 Å². The summed E-state index contributed by atoms with van der Waals surface area (Å²) < 4.78 is 20.4. The number of H-pyrrole nitrogens is 1. The van der Waals surface area contributed by atoms with Crippen molar-refractivity contribution in [2.24, 2.45) is 5.92 Å². The summed E-state index contributed by atoms with van der Waals surface area (Å²) >= 11 is 6.30. The van der Waals surface area contributed by atoms with Gasteiger partial charge in [-0.3, -0.25) is 19.4 Å². The summed E-state index contributed by atoms with van der Waals surface area (Å²) in [5, 5.41) is 2.69. The summed E-state index contributed by atoms with van der Waals surface area (Å²) in [6.45, 7) is 4.00. The molecular formula is C28H34ClFN6O5. The van der Waals surface area contributed by atoms with Gasteiger partial charge in [0.15, 0.2) is 11.6 Å². The molecule has 0 fully saturated rings. The maximum atomic E-state index is 14.5. The minimum absolute atomic E-state index is 0.0512. The van der Waals surface area contributed by atoms with Crippen molar-refractivity contribution in [1.29, 1.82) is 0 Å². The lowest BCUT2D eigenvalue weighted by atomic mass is 10.0. The highest BCUT2D eigenvalue weighted by molar-refractivity contribution is 6.30. The minimum Gasteiger partial charge on any atom is -0.453 e. The number of aromatic amines is 1. The second-order valence-corrected chi connectivity index (χ2v) is 10.7. The molecule has 3 heterocycles. The van der Waals surface area contributed by atoms with Gasteiger partial charge in [0, 0.05) is 32.3 Å². The lowest BCUT2D eigenvalue weighted by Crippen LogP contribution is -2.42. The van der Waals surface area contributed by atoms with Crippen molar-refractivity contribution in [3.8, 4) is 0 Å². The van der Waals surface area contributed by atoms with Crippen LogP contribution in [0.2, 0.25) is 5.02 Å². The molecule has 41 heavy (non-hydrogen) atoms. The molecule has 0 aromatic carbocycles. The van der Waals surface area contributed by atoms with Gasteiger partial charge in [-0.05, 0) is 37.3 Å². The summed E-state index contributed by atoms with van der Waals surface area (Å²) in [5.74, 6) is -0.628. The number of hydrogen-bond acceptors (Lipinski definition) is 7. The van der Waals surface area contributed by atoms with E-state index in [1.165, 1.54) is 34.9 Å². The van der Waals surface area contributed by atoms with Gasteiger partial charge in [0.1, 0.15) is 11.3 Å². The maximum absolute atomic E-state index is 14.5. The second kappa shape index (κ2) is 14.0. The third kappa shape index (κ3) is 8.46. The molecule has 0 bridgehead atoms. The number of nitrogens with one attached hydrogen (secondary N) is 2. The molecule has 0 saturated carbocycles. The zero-order valence-electron chi connectivity index (χ0n) is 23.7. The van der Waals surface area contributed by atoms with E-state index < -0.39 is 29.3 Å². The number of hydrogen-bond donors (Lipinski definition) is 2. The third-order valence-corrected chi connectivity index (χ3v) is 6.41. The number of imidazole rings is 1. The molecule has 220 valence electrons. The number of nitrogens with zero attached hydrogens (tertiary/aromatic N) is 4. The monoisotopic (exact) mass is 588 g/mol. The van der Waals surface area contributed by atoms with Crippen LogP contribution >= 0.6 is 11.6 Å². The van der Waals surface area contributed by atoms with Crippen LogP contribution in [0.3, 0.4) is 0 Å². The van der Waals surface area contributed by atoms with E-state index >= 15 is 0 Å². The van der Waals surface area contributed by atoms with Gasteiger partial charge < -0.3 is 24.5 Å². The molecule has 13 heteroatoms. The fraction of sp³-hybridized carbons (Fsp3) is 0.429. The first kappa shape index (κ1) is 31.5. The molecule has 11 nitrogen and oxygen atoms in total. The summed E-state index contributed by atoms with van der Waals surface area (Å²) in [5.41, 5.74) is 0.899. The first-order valence-corrected chi connectivity index (χ1v) is 13.4. The Kier molecular flexibility index (Phi) is 10.8. The van der Waals surface area contributed by atoms with Crippen molar-refractivity contribution >= 4 is 40.4 Å². The van der Waals surface area contributed by atoms with Crippen LogP contribution in [0.25, 0.3) is 11.0 Å². The lowest BCUT2D eigenvalue weighted by molar-refractivity contribution is -0.123. The number of alkyl carbamates (subject to hydrolysis) is 1. The van der Waals surface area contributed by atoms with Crippen molar-refractivity contribution in [1.82, 2.24) is 29.7 Å². The van der Waals surface area contributed by atoms with Crippen molar-refractivity contribution in [3.05, 3.63) is 68.9 Å². The normalized spacial score (nSPS) is 12.2. The van der Waals surface area contributed by atoms with E-state index in [0.717, 1.165) is 6.20 Å². The van der Waals surface area contributed by atoms with Gasteiger partial charge in [0.05, 0.1) is 42.1 Å². The van der Waals surface area contributed by atoms with Crippen LogP contribution < -0.4 is 10.9 Å². The van der Waals surface area contributed by atoms with Gasteiger partial charge in [-0.25, -0.2) is 14.2 Å². The predicted molar refractivity (Wildman–Crippen MR) is 152 cm³/mol. The number of amides is 2. The smallest absolute Gasteiger partial charge is 0.407 e. The van der Waals surface area contributed by atoms with Crippen LogP contribution in [-0.4, -0.2) is 69.4 Å². The number of methoxy groups -OCH3 is 1. The van der Waals surface area contributed by atoms with Gasteiger partial charge in [-0.1, -0.05) is 31.5 Å². The number of ether oxygens (including phenoxy) is 1. The highest BCUT2D eigenvalue weighted by Crippen LogP contribution is 2.21. The first-order valence-electron chi connectivity index (χ1n) is 13.0. The predicted octanol–water partition coefficient (Wildman–Crippen LogP) is 3.42. The quantitative estimate of drug-likeness (QED) is 0.309. The number of fused-ring (bicyclic) bond motifs is 1. The molecule has 0 aliphatic carbocycles. The fourth-order valence-corrected chi connectivity index (χ4v) is 4.41. The van der Waals surface area contributed by atoms with E-state index in [1.54, 1.807) is 20.2 Å². The van der Waals surface area contributed by atoms with Gasteiger partial charge in [-0.2, -0.15) is 0 Å². The van der Waals surface area contributed by atoms with Crippen LogP contribution in [0.5, 0.6) is 0 Å². The number of carbonyl (C=O) groups excluding carboxylic acids is 3. The molecule has 3 aromatic heterocycles. The SMILES string of the molecule is COC(=O)N[C@@H](CC/C=C/C(=O)N(C)C)C(=O)Cc1cc(Cl)cn(Cc2nc3c(F)cnc(CC(C)C)c3[nH]2)c1=O. The van der Waals surface area contributed by atoms with E-state index in [-0.39, 0.29) is 47.3 Å². The Hall–Kier alpha value is -4.06. The highest BCUT2D eigenvalue weighted by Gasteiger charge is 2.23. The van der Waals surface area contributed by atoms with Crippen molar-refractivity contribution < 1.29 is 23.5 Å². The summed E-state index contributed by atoms with van der Waals surface area (Å²) in [4.78, 5) is 63.1. The van der Waals surface area contributed by atoms with Crippen molar-refractivity contribution in [2.45, 2.75) is 52.1 Å². The van der Waals surface area contributed by atoms with Crippen molar-refractivity contribution in [2.75, 3.05) is 21.2 Å². The average molecular weight is 589 g/mol. The fourth-order valence-electron chi connectivity index (χ4n) is 4.17. The maximum Gasteiger partial charge on any atom is 0.407 e. The van der Waals surface area contributed by atoms with Gasteiger partial charge in [0.2, 0.25) is 5.91 Å². The number of Topliss-reactive ketones (excluding diaryl/α,β-unsaturated/α-hetero) is 1. The molecule has 0 unspecified atom stereocenters. The second-order valence-electron chi connectivity index (χ2n) is 10.2. The Labute approximate surface area is 241 Å². The largest absolute Gasteiger partial charge is 0.453 e. The van der Waals surface area contributed by atoms with Gasteiger partial charge >= 0.3 is 6.09 Å².